The largest absolute Gasteiger partial charge is 0.495 e. The Kier molecular flexibility index (Phi) is 5.20. The van der Waals surface area contributed by atoms with Gasteiger partial charge >= 0.3 is 0 Å². The first-order valence-electron chi connectivity index (χ1n) is 9.46. The molecule has 1 aliphatic rings. The van der Waals surface area contributed by atoms with Crippen LogP contribution in [0.25, 0.3) is 0 Å². The number of pyridine rings is 1. The standard InChI is InChI=1S/C20H24N6O3/c1-25-11-13(9-23-25)8-21-18-7-19(24-26(2)20(18)27)29-12-14-6-16(14)17-5-4-15(28-3)10-22-17/h4-5,7,9-11,14,16,21H,6,8,12H2,1-3H3/t14-,16+/m1/s1. The van der Waals surface area contributed by atoms with Crippen molar-refractivity contribution < 1.29 is 9.47 Å². The lowest BCUT2D eigenvalue weighted by Gasteiger charge is -2.10. The maximum atomic E-state index is 12.3. The summed E-state index contributed by atoms with van der Waals surface area (Å²) in [6.45, 7) is 1.03. The molecule has 0 bridgehead atoms. The van der Waals surface area contributed by atoms with E-state index in [1.807, 2.05) is 25.4 Å². The quantitative estimate of drug-likeness (QED) is 0.619. The van der Waals surface area contributed by atoms with Crippen LogP contribution in [0.1, 0.15) is 23.6 Å². The highest BCUT2D eigenvalue weighted by Gasteiger charge is 2.40. The minimum atomic E-state index is -0.201. The van der Waals surface area contributed by atoms with Gasteiger partial charge < -0.3 is 14.8 Å². The fourth-order valence-electron chi connectivity index (χ4n) is 3.26. The molecular formula is C20H24N6O3. The molecule has 0 spiro atoms. The molecule has 0 aliphatic heterocycles. The van der Waals surface area contributed by atoms with Crippen molar-refractivity contribution in [3.8, 4) is 11.6 Å². The molecule has 9 heteroatoms. The van der Waals surface area contributed by atoms with Crippen LogP contribution in [0.4, 0.5) is 5.69 Å². The summed E-state index contributed by atoms with van der Waals surface area (Å²) in [5.41, 5.74) is 2.28. The van der Waals surface area contributed by atoms with Crippen molar-refractivity contribution in [3.05, 3.63) is 58.4 Å². The third-order valence-corrected chi connectivity index (χ3v) is 5.02. The van der Waals surface area contributed by atoms with E-state index in [-0.39, 0.29) is 5.56 Å². The second-order valence-electron chi connectivity index (χ2n) is 7.24. The summed E-state index contributed by atoms with van der Waals surface area (Å²) in [4.78, 5) is 16.8. The topological polar surface area (TPSA) is 96.1 Å². The number of rotatable bonds is 8. The van der Waals surface area contributed by atoms with E-state index in [4.69, 9.17) is 9.47 Å². The summed E-state index contributed by atoms with van der Waals surface area (Å²) >= 11 is 0. The van der Waals surface area contributed by atoms with Crippen LogP contribution in [-0.2, 0) is 20.6 Å². The number of aromatic nitrogens is 5. The monoisotopic (exact) mass is 396 g/mol. The molecule has 4 rings (SSSR count). The molecule has 2 atom stereocenters. The summed E-state index contributed by atoms with van der Waals surface area (Å²) < 4.78 is 14.0. The van der Waals surface area contributed by atoms with E-state index in [9.17, 15) is 4.79 Å². The highest BCUT2D eigenvalue weighted by atomic mass is 16.5. The number of nitrogens with one attached hydrogen (secondary N) is 1. The lowest BCUT2D eigenvalue weighted by atomic mass is 10.2. The molecule has 0 aromatic carbocycles. The summed E-state index contributed by atoms with van der Waals surface area (Å²) in [7, 11) is 5.10. The normalized spacial score (nSPS) is 17.8. The molecule has 29 heavy (non-hydrogen) atoms. The number of methoxy groups -OCH3 is 1. The molecule has 152 valence electrons. The van der Waals surface area contributed by atoms with Gasteiger partial charge in [0.05, 0.1) is 26.1 Å². The van der Waals surface area contributed by atoms with Crippen molar-refractivity contribution in [2.24, 2.45) is 20.0 Å². The van der Waals surface area contributed by atoms with E-state index in [0.29, 0.717) is 36.6 Å². The van der Waals surface area contributed by atoms with E-state index in [1.165, 1.54) is 4.68 Å². The van der Waals surface area contributed by atoms with E-state index < -0.39 is 0 Å². The predicted octanol–water partition coefficient (Wildman–Crippen LogP) is 1.71. The van der Waals surface area contributed by atoms with Crippen molar-refractivity contribution in [2.75, 3.05) is 19.0 Å². The van der Waals surface area contributed by atoms with Crippen LogP contribution < -0.4 is 20.3 Å². The van der Waals surface area contributed by atoms with Crippen molar-refractivity contribution in [1.29, 1.82) is 0 Å². The van der Waals surface area contributed by atoms with Gasteiger partial charge in [-0.15, -0.1) is 5.10 Å². The number of aryl methyl sites for hydroxylation is 2. The van der Waals surface area contributed by atoms with Crippen LogP contribution in [0.3, 0.4) is 0 Å². The van der Waals surface area contributed by atoms with Gasteiger partial charge in [-0.05, 0) is 18.6 Å². The first-order chi connectivity index (χ1) is 14.0. The first kappa shape index (κ1) is 19.0. The average molecular weight is 396 g/mol. The van der Waals surface area contributed by atoms with Gasteiger partial charge in [0.1, 0.15) is 11.4 Å². The van der Waals surface area contributed by atoms with Crippen molar-refractivity contribution in [1.82, 2.24) is 24.5 Å². The summed E-state index contributed by atoms with van der Waals surface area (Å²) in [5.74, 6) is 1.95. The molecule has 0 radical (unpaired) electrons. The Morgan fingerprint density at radius 2 is 2.14 bits per heavy atom. The van der Waals surface area contributed by atoms with E-state index >= 15 is 0 Å². The van der Waals surface area contributed by atoms with Gasteiger partial charge in [0, 0.05) is 56.0 Å². The minimum Gasteiger partial charge on any atom is -0.495 e. The van der Waals surface area contributed by atoms with Crippen LogP contribution >= 0.6 is 0 Å². The number of hydrogen-bond donors (Lipinski definition) is 1. The molecular weight excluding hydrogens is 372 g/mol. The number of hydrogen-bond acceptors (Lipinski definition) is 7. The highest BCUT2D eigenvalue weighted by molar-refractivity contribution is 5.43. The van der Waals surface area contributed by atoms with E-state index in [0.717, 1.165) is 23.4 Å². The molecule has 3 heterocycles. The first-order valence-corrected chi connectivity index (χ1v) is 9.46. The zero-order chi connectivity index (χ0) is 20.4. The number of anilines is 1. The predicted molar refractivity (Wildman–Crippen MR) is 107 cm³/mol. The zero-order valence-corrected chi connectivity index (χ0v) is 16.7. The van der Waals surface area contributed by atoms with Crippen molar-refractivity contribution in [3.63, 3.8) is 0 Å². The Hall–Kier alpha value is -3.36. The third kappa shape index (κ3) is 4.39. The molecule has 1 aliphatic carbocycles. The molecule has 0 amide bonds. The Morgan fingerprint density at radius 3 is 2.83 bits per heavy atom. The van der Waals surface area contributed by atoms with Crippen LogP contribution in [0, 0.1) is 5.92 Å². The van der Waals surface area contributed by atoms with Crippen molar-refractivity contribution >= 4 is 5.69 Å². The molecule has 1 saturated carbocycles. The zero-order valence-electron chi connectivity index (χ0n) is 16.7. The molecule has 0 saturated heterocycles. The third-order valence-electron chi connectivity index (χ3n) is 5.02. The van der Waals surface area contributed by atoms with Gasteiger partial charge in [0.15, 0.2) is 0 Å². The highest BCUT2D eigenvalue weighted by Crippen LogP contribution is 2.46. The summed E-state index contributed by atoms with van der Waals surface area (Å²) in [6.07, 6.45) is 6.42. The second-order valence-corrected chi connectivity index (χ2v) is 7.24. The molecule has 0 unspecified atom stereocenters. The Morgan fingerprint density at radius 1 is 1.28 bits per heavy atom. The number of nitrogens with zero attached hydrogens (tertiary/aromatic N) is 5. The van der Waals surface area contributed by atoms with Gasteiger partial charge in [-0.3, -0.25) is 14.5 Å². The van der Waals surface area contributed by atoms with Gasteiger partial charge in [-0.2, -0.15) is 5.10 Å². The fraction of sp³-hybridized carbons (Fsp3) is 0.400. The van der Waals surface area contributed by atoms with Crippen LogP contribution in [0.5, 0.6) is 11.6 Å². The van der Waals surface area contributed by atoms with E-state index in [2.05, 4.69) is 20.5 Å². The second kappa shape index (κ2) is 7.94. The maximum absolute atomic E-state index is 12.3. The van der Waals surface area contributed by atoms with Gasteiger partial charge in [0.25, 0.3) is 5.56 Å². The van der Waals surface area contributed by atoms with Crippen molar-refractivity contribution in [2.45, 2.75) is 18.9 Å². The lowest BCUT2D eigenvalue weighted by Crippen LogP contribution is -2.24. The minimum absolute atomic E-state index is 0.201. The van der Waals surface area contributed by atoms with Crippen LogP contribution in [0.2, 0.25) is 0 Å². The van der Waals surface area contributed by atoms with Crippen LogP contribution in [0.15, 0.2) is 41.6 Å². The Labute approximate surface area is 168 Å². The Balaban J connectivity index is 1.36. The van der Waals surface area contributed by atoms with E-state index in [1.54, 1.807) is 37.3 Å². The molecule has 1 N–H and O–H groups in total. The van der Waals surface area contributed by atoms with Crippen LogP contribution in [-0.4, -0.2) is 38.3 Å². The SMILES string of the molecule is COc1ccc([C@H]2C[C@@H]2COc2cc(NCc3cnn(C)c3)c(=O)n(C)n2)nc1. The summed E-state index contributed by atoms with van der Waals surface area (Å²) in [6, 6.07) is 5.57. The Bertz CT molecular complexity index is 1040. The van der Waals surface area contributed by atoms with Gasteiger partial charge in [-0.1, -0.05) is 0 Å². The lowest BCUT2D eigenvalue weighted by molar-refractivity contribution is 0.278. The van der Waals surface area contributed by atoms with Gasteiger partial charge in [-0.25, -0.2) is 4.68 Å². The van der Waals surface area contributed by atoms with Gasteiger partial charge in [0.2, 0.25) is 5.88 Å². The molecule has 3 aromatic heterocycles. The fourth-order valence-corrected chi connectivity index (χ4v) is 3.26. The maximum Gasteiger partial charge on any atom is 0.290 e. The molecule has 9 nitrogen and oxygen atoms in total. The average Bonchev–Trinajstić information content (AvgIpc) is 3.39. The smallest absolute Gasteiger partial charge is 0.290 e. The number of ether oxygens (including phenoxy) is 2. The molecule has 3 aromatic rings. The summed E-state index contributed by atoms with van der Waals surface area (Å²) in [5, 5.41) is 11.5. The molecule has 1 fully saturated rings.